The molecule has 0 heterocycles. The van der Waals surface area contributed by atoms with Crippen LogP contribution in [-0.4, -0.2) is 37.4 Å². The van der Waals surface area contributed by atoms with Crippen LogP contribution in [0.3, 0.4) is 0 Å². The van der Waals surface area contributed by atoms with Crippen LogP contribution >= 0.6 is 0 Å². The van der Waals surface area contributed by atoms with E-state index in [9.17, 15) is 4.79 Å². The Morgan fingerprint density at radius 3 is 2.78 bits per heavy atom. The maximum absolute atomic E-state index is 12.2. The number of carbonyl (C=O) groups excluding carboxylic acids is 1. The molecule has 0 aliphatic heterocycles. The van der Waals surface area contributed by atoms with Gasteiger partial charge in [0.05, 0.1) is 18.7 Å². The van der Waals surface area contributed by atoms with Crippen molar-refractivity contribution in [2.45, 2.75) is 19.8 Å². The summed E-state index contributed by atoms with van der Waals surface area (Å²) in [5.74, 6) is 1.65. The average Bonchev–Trinajstić information content (AvgIpc) is 3.13. The fourth-order valence-corrected chi connectivity index (χ4v) is 2.11. The average molecular weight is 247 g/mol. The SMILES string of the molecule is CCOc1ccccc1C(=O)CN(C)CC1CC1. The van der Waals surface area contributed by atoms with Crippen LogP contribution in [0, 0.1) is 5.92 Å². The molecular formula is C15H21NO2. The highest BCUT2D eigenvalue weighted by molar-refractivity contribution is 6.00. The Labute approximate surface area is 109 Å². The summed E-state index contributed by atoms with van der Waals surface area (Å²) in [4.78, 5) is 14.3. The van der Waals surface area contributed by atoms with Crippen LogP contribution in [0.5, 0.6) is 5.75 Å². The molecule has 0 saturated heterocycles. The Kier molecular flexibility index (Phi) is 4.37. The molecule has 0 atom stereocenters. The molecule has 1 aliphatic carbocycles. The zero-order valence-corrected chi connectivity index (χ0v) is 11.2. The number of ketones is 1. The van der Waals surface area contributed by atoms with E-state index in [1.165, 1.54) is 12.8 Å². The van der Waals surface area contributed by atoms with Gasteiger partial charge in [-0.3, -0.25) is 9.69 Å². The van der Waals surface area contributed by atoms with E-state index in [-0.39, 0.29) is 5.78 Å². The first-order chi connectivity index (χ1) is 8.70. The lowest BCUT2D eigenvalue weighted by Crippen LogP contribution is -2.28. The summed E-state index contributed by atoms with van der Waals surface area (Å²) in [5.41, 5.74) is 0.696. The highest BCUT2D eigenvalue weighted by atomic mass is 16.5. The van der Waals surface area contributed by atoms with Crippen molar-refractivity contribution in [3.63, 3.8) is 0 Å². The van der Waals surface area contributed by atoms with Crippen molar-refractivity contribution < 1.29 is 9.53 Å². The molecule has 0 amide bonds. The van der Waals surface area contributed by atoms with Gasteiger partial charge in [0.25, 0.3) is 0 Å². The van der Waals surface area contributed by atoms with Crippen molar-refractivity contribution in [3.05, 3.63) is 29.8 Å². The maximum atomic E-state index is 12.2. The van der Waals surface area contributed by atoms with Gasteiger partial charge in [-0.05, 0) is 44.9 Å². The minimum Gasteiger partial charge on any atom is -0.493 e. The number of Topliss-reactive ketones (excluding diaryl/α,β-unsaturated/α-hetero) is 1. The van der Waals surface area contributed by atoms with E-state index in [4.69, 9.17) is 4.74 Å². The van der Waals surface area contributed by atoms with Gasteiger partial charge in [-0.2, -0.15) is 0 Å². The molecule has 0 spiro atoms. The number of ether oxygens (including phenoxy) is 1. The summed E-state index contributed by atoms with van der Waals surface area (Å²) in [6.45, 7) is 4.02. The number of benzene rings is 1. The normalized spacial score (nSPS) is 14.8. The van der Waals surface area contributed by atoms with Gasteiger partial charge in [0.2, 0.25) is 0 Å². The zero-order valence-electron chi connectivity index (χ0n) is 11.2. The number of rotatable bonds is 7. The maximum Gasteiger partial charge on any atom is 0.180 e. The van der Waals surface area contributed by atoms with Gasteiger partial charge in [0.1, 0.15) is 5.75 Å². The fourth-order valence-electron chi connectivity index (χ4n) is 2.11. The summed E-state index contributed by atoms with van der Waals surface area (Å²) in [5, 5.41) is 0. The number of nitrogens with zero attached hydrogens (tertiary/aromatic N) is 1. The standard InChI is InChI=1S/C15H21NO2/c1-3-18-15-7-5-4-6-13(15)14(17)11-16(2)10-12-8-9-12/h4-7,12H,3,8-11H2,1-2H3. The number of para-hydroxylation sites is 1. The van der Waals surface area contributed by atoms with E-state index in [0.29, 0.717) is 24.5 Å². The van der Waals surface area contributed by atoms with E-state index < -0.39 is 0 Å². The monoisotopic (exact) mass is 247 g/mol. The first-order valence-electron chi connectivity index (χ1n) is 6.64. The first-order valence-corrected chi connectivity index (χ1v) is 6.64. The van der Waals surface area contributed by atoms with Crippen LogP contribution in [0.2, 0.25) is 0 Å². The molecule has 3 heteroatoms. The van der Waals surface area contributed by atoms with Crippen LogP contribution in [0.1, 0.15) is 30.1 Å². The number of hydrogen-bond acceptors (Lipinski definition) is 3. The molecule has 1 aromatic carbocycles. The van der Waals surface area contributed by atoms with Crippen molar-refractivity contribution in [1.82, 2.24) is 4.90 Å². The predicted octanol–water partition coefficient (Wildman–Crippen LogP) is 2.61. The van der Waals surface area contributed by atoms with E-state index in [1.807, 2.05) is 38.2 Å². The Balaban J connectivity index is 1.98. The number of hydrogen-bond donors (Lipinski definition) is 0. The number of likely N-dealkylation sites (N-methyl/N-ethyl adjacent to an activating group) is 1. The molecule has 0 aromatic heterocycles. The number of carbonyl (C=O) groups is 1. The lowest BCUT2D eigenvalue weighted by Gasteiger charge is -2.16. The van der Waals surface area contributed by atoms with Crippen molar-refractivity contribution >= 4 is 5.78 Å². The predicted molar refractivity (Wildman–Crippen MR) is 72.2 cm³/mol. The Bertz CT molecular complexity index is 413. The quantitative estimate of drug-likeness (QED) is 0.694. The van der Waals surface area contributed by atoms with Crippen molar-refractivity contribution in [2.75, 3.05) is 26.7 Å². The molecule has 0 N–H and O–H groups in total. The van der Waals surface area contributed by atoms with Crippen LogP contribution in [0.15, 0.2) is 24.3 Å². The third-order valence-corrected chi connectivity index (χ3v) is 3.17. The molecule has 2 rings (SSSR count). The minimum absolute atomic E-state index is 0.141. The second-order valence-electron chi connectivity index (χ2n) is 4.99. The van der Waals surface area contributed by atoms with E-state index in [1.54, 1.807) is 0 Å². The third kappa shape index (κ3) is 3.57. The Morgan fingerprint density at radius 2 is 2.11 bits per heavy atom. The molecule has 1 fully saturated rings. The topological polar surface area (TPSA) is 29.5 Å². The van der Waals surface area contributed by atoms with Gasteiger partial charge in [-0.25, -0.2) is 0 Å². The second kappa shape index (κ2) is 6.01. The molecule has 98 valence electrons. The molecule has 0 unspecified atom stereocenters. The van der Waals surface area contributed by atoms with Gasteiger partial charge in [0, 0.05) is 6.54 Å². The van der Waals surface area contributed by atoms with E-state index in [2.05, 4.69) is 4.90 Å². The van der Waals surface area contributed by atoms with Crippen LogP contribution in [-0.2, 0) is 0 Å². The van der Waals surface area contributed by atoms with Crippen molar-refractivity contribution in [2.24, 2.45) is 5.92 Å². The summed E-state index contributed by atoms with van der Waals surface area (Å²) >= 11 is 0. The van der Waals surface area contributed by atoms with E-state index >= 15 is 0 Å². The zero-order chi connectivity index (χ0) is 13.0. The fraction of sp³-hybridized carbons (Fsp3) is 0.533. The second-order valence-corrected chi connectivity index (χ2v) is 4.99. The molecule has 1 saturated carbocycles. The summed E-state index contributed by atoms with van der Waals surface area (Å²) < 4.78 is 5.49. The molecular weight excluding hydrogens is 226 g/mol. The van der Waals surface area contributed by atoms with Gasteiger partial charge < -0.3 is 4.74 Å². The van der Waals surface area contributed by atoms with Crippen molar-refractivity contribution in [1.29, 1.82) is 0 Å². The molecule has 0 bridgehead atoms. The van der Waals surface area contributed by atoms with Gasteiger partial charge in [0.15, 0.2) is 5.78 Å². The molecule has 18 heavy (non-hydrogen) atoms. The minimum atomic E-state index is 0.141. The first kappa shape index (κ1) is 13.1. The van der Waals surface area contributed by atoms with Crippen LogP contribution < -0.4 is 4.74 Å². The van der Waals surface area contributed by atoms with E-state index in [0.717, 1.165) is 12.5 Å². The largest absolute Gasteiger partial charge is 0.493 e. The molecule has 1 aromatic rings. The third-order valence-electron chi connectivity index (χ3n) is 3.17. The Hall–Kier alpha value is -1.35. The van der Waals surface area contributed by atoms with Gasteiger partial charge in [-0.1, -0.05) is 12.1 Å². The Morgan fingerprint density at radius 1 is 1.39 bits per heavy atom. The molecule has 3 nitrogen and oxygen atoms in total. The molecule has 0 radical (unpaired) electrons. The van der Waals surface area contributed by atoms with Crippen LogP contribution in [0.4, 0.5) is 0 Å². The van der Waals surface area contributed by atoms with Gasteiger partial charge in [-0.15, -0.1) is 0 Å². The molecule has 1 aliphatic rings. The lowest BCUT2D eigenvalue weighted by atomic mass is 10.1. The highest BCUT2D eigenvalue weighted by Gasteiger charge is 2.24. The van der Waals surface area contributed by atoms with Crippen LogP contribution in [0.25, 0.3) is 0 Å². The summed E-state index contributed by atoms with van der Waals surface area (Å²) in [7, 11) is 2.01. The smallest absolute Gasteiger partial charge is 0.180 e. The van der Waals surface area contributed by atoms with Crippen molar-refractivity contribution in [3.8, 4) is 5.75 Å². The lowest BCUT2D eigenvalue weighted by molar-refractivity contribution is 0.0940. The summed E-state index contributed by atoms with van der Waals surface area (Å²) in [6.07, 6.45) is 2.63. The highest BCUT2D eigenvalue weighted by Crippen LogP contribution is 2.29. The summed E-state index contributed by atoms with van der Waals surface area (Å²) in [6, 6.07) is 7.49. The van der Waals surface area contributed by atoms with Gasteiger partial charge >= 0.3 is 0 Å².